The van der Waals surface area contributed by atoms with Gasteiger partial charge in [0.25, 0.3) is 0 Å². The molecule has 6 heteroatoms. The molecule has 1 aromatic rings. The summed E-state index contributed by atoms with van der Waals surface area (Å²) in [4.78, 5) is 30.4. The molecule has 0 aliphatic carbocycles. The summed E-state index contributed by atoms with van der Waals surface area (Å²) in [6.07, 6.45) is 2.00. The molecule has 0 saturated carbocycles. The van der Waals surface area contributed by atoms with E-state index in [0.29, 0.717) is 32.7 Å². The summed E-state index contributed by atoms with van der Waals surface area (Å²) < 4.78 is 0. The SMILES string of the molecule is CN(Cc1ccccc1)C(=O)N1CCN(C(=O)C2CCCN2)CC1. The fourth-order valence-corrected chi connectivity index (χ4v) is 3.40. The Labute approximate surface area is 143 Å². The zero-order valence-electron chi connectivity index (χ0n) is 14.3. The molecule has 2 aliphatic rings. The first-order chi connectivity index (χ1) is 11.6. The first-order valence-electron chi connectivity index (χ1n) is 8.71. The van der Waals surface area contributed by atoms with Crippen molar-refractivity contribution in [3.63, 3.8) is 0 Å². The summed E-state index contributed by atoms with van der Waals surface area (Å²) in [5.41, 5.74) is 1.12. The van der Waals surface area contributed by atoms with Gasteiger partial charge in [-0.25, -0.2) is 4.79 Å². The van der Waals surface area contributed by atoms with Gasteiger partial charge in [-0.2, -0.15) is 0 Å². The average Bonchev–Trinajstić information content (AvgIpc) is 3.16. The van der Waals surface area contributed by atoms with Gasteiger partial charge in [0.05, 0.1) is 6.04 Å². The smallest absolute Gasteiger partial charge is 0.320 e. The number of hydrogen-bond donors (Lipinski definition) is 1. The zero-order valence-corrected chi connectivity index (χ0v) is 14.3. The maximum Gasteiger partial charge on any atom is 0.320 e. The molecule has 1 aromatic carbocycles. The Morgan fingerprint density at radius 1 is 1.12 bits per heavy atom. The van der Waals surface area contributed by atoms with E-state index in [1.54, 1.807) is 4.90 Å². The maximum atomic E-state index is 12.6. The van der Waals surface area contributed by atoms with Crippen molar-refractivity contribution < 1.29 is 9.59 Å². The molecule has 3 amide bonds. The molecule has 2 aliphatic heterocycles. The van der Waals surface area contributed by atoms with Crippen LogP contribution in [0, 0.1) is 0 Å². The van der Waals surface area contributed by atoms with Crippen molar-refractivity contribution in [1.29, 1.82) is 0 Å². The molecule has 0 radical (unpaired) electrons. The topological polar surface area (TPSA) is 55.9 Å². The van der Waals surface area contributed by atoms with Crippen molar-refractivity contribution in [2.75, 3.05) is 39.8 Å². The molecule has 130 valence electrons. The zero-order chi connectivity index (χ0) is 16.9. The van der Waals surface area contributed by atoms with E-state index in [-0.39, 0.29) is 18.0 Å². The van der Waals surface area contributed by atoms with Crippen LogP contribution in [0.1, 0.15) is 18.4 Å². The minimum Gasteiger partial charge on any atom is -0.338 e. The number of hydrogen-bond acceptors (Lipinski definition) is 3. The maximum absolute atomic E-state index is 12.6. The van der Waals surface area contributed by atoms with E-state index in [0.717, 1.165) is 24.9 Å². The number of carbonyl (C=O) groups is 2. The van der Waals surface area contributed by atoms with Crippen LogP contribution in [0.5, 0.6) is 0 Å². The van der Waals surface area contributed by atoms with Crippen LogP contribution in [0.3, 0.4) is 0 Å². The third kappa shape index (κ3) is 3.87. The lowest BCUT2D eigenvalue weighted by molar-refractivity contribution is -0.134. The van der Waals surface area contributed by atoms with E-state index in [2.05, 4.69) is 5.32 Å². The van der Waals surface area contributed by atoms with Crippen molar-refractivity contribution in [2.45, 2.75) is 25.4 Å². The van der Waals surface area contributed by atoms with Crippen molar-refractivity contribution in [3.05, 3.63) is 35.9 Å². The summed E-state index contributed by atoms with van der Waals surface area (Å²) in [6, 6.07) is 9.99. The predicted octanol–water partition coefficient (Wildman–Crippen LogP) is 1.13. The third-order valence-corrected chi connectivity index (χ3v) is 4.81. The van der Waals surface area contributed by atoms with Gasteiger partial charge in [0.1, 0.15) is 0 Å². The highest BCUT2D eigenvalue weighted by molar-refractivity contribution is 5.82. The second-order valence-electron chi connectivity index (χ2n) is 6.59. The molecule has 0 bridgehead atoms. The van der Waals surface area contributed by atoms with Crippen LogP contribution in [0.25, 0.3) is 0 Å². The Morgan fingerprint density at radius 3 is 2.42 bits per heavy atom. The minimum atomic E-state index is -0.0204. The number of nitrogens with zero attached hydrogens (tertiary/aromatic N) is 3. The van der Waals surface area contributed by atoms with Gasteiger partial charge >= 0.3 is 6.03 Å². The number of amides is 3. The lowest BCUT2D eigenvalue weighted by atomic mass is 10.2. The van der Waals surface area contributed by atoms with E-state index < -0.39 is 0 Å². The van der Waals surface area contributed by atoms with E-state index in [1.807, 2.05) is 47.2 Å². The molecule has 1 atom stereocenters. The Balaban J connectivity index is 1.48. The highest BCUT2D eigenvalue weighted by Gasteiger charge is 2.30. The molecule has 2 saturated heterocycles. The summed E-state index contributed by atoms with van der Waals surface area (Å²) in [6.45, 7) is 4.00. The van der Waals surface area contributed by atoms with E-state index in [4.69, 9.17) is 0 Å². The molecular formula is C18H26N4O2. The van der Waals surface area contributed by atoms with Crippen LogP contribution in [0.2, 0.25) is 0 Å². The summed E-state index contributed by atoms with van der Waals surface area (Å²) in [5.74, 6) is 0.192. The lowest BCUT2D eigenvalue weighted by Gasteiger charge is -2.37. The largest absolute Gasteiger partial charge is 0.338 e. The van der Waals surface area contributed by atoms with Gasteiger partial charge in [0.15, 0.2) is 0 Å². The molecule has 6 nitrogen and oxygen atoms in total. The molecule has 1 unspecified atom stereocenters. The van der Waals surface area contributed by atoms with E-state index in [1.165, 1.54) is 0 Å². The number of nitrogens with one attached hydrogen (secondary N) is 1. The Kier molecular flexibility index (Phi) is 5.35. The summed E-state index contributed by atoms with van der Waals surface area (Å²) >= 11 is 0. The van der Waals surface area contributed by atoms with Crippen LogP contribution in [0.15, 0.2) is 30.3 Å². The fraction of sp³-hybridized carbons (Fsp3) is 0.556. The van der Waals surface area contributed by atoms with E-state index >= 15 is 0 Å². The van der Waals surface area contributed by atoms with Gasteiger partial charge in [-0.05, 0) is 24.9 Å². The Bertz CT molecular complexity index is 564. The van der Waals surface area contributed by atoms with E-state index in [9.17, 15) is 9.59 Å². The first kappa shape index (κ1) is 16.8. The summed E-state index contributed by atoms with van der Waals surface area (Å²) in [7, 11) is 1.83. The van der Waals surface area contributed by atoms with Crippen LogP contribution in [-0.2, 0) is 11.3 Å². The standard InChI is InChI=1S/C18H26N4O2/c1-20(14-15-6-3-2-4-7-15)18(24)22-12-10-21(11-13-22)17(23)16-8-5-9-19-16/h2-4,6-7,16,19H,5,8-14H2,1H3. The minimum absolute atomic E-state index is 0.0204. The second kappa shape index (κ2) is 7.66. The fourth-order valence-electron chi connectivity index (χ4n) is 3.40. The van der Waals surface area contributed by atoms with Crippen LogP contribution < -0.4 is 5.32 Å². The van der Waals surface area contributed by atoms with Gasteiger partial charge in [-0.1, -0.05) is 30.3 Å². The number of piperazine rings is 1. The molecule has 0 aromatic heterocycles. The molecule has 24 heavy (non-hydrogen) atoms. The van der Waals surface area contributed by atoms with Crippen molar-refractivity contribution in [2.24, 2.45) is 0 Å². The Morgan fingerprint density at radius 2 is 1.79 bits per heavy atom. The molecule has 2 heterocycles. The normalized spacial score (nSPS) is 21.0. The average molecular weight is 330 g/mol. The number of benzene rings is 1. The van der Waals surface area contributed by atoms with Gasteiger partial charge < -0.3 is 20.0 Å². The molecular weight excluding hydrogens is 304 g/mol. The molecule has 3 rings (SSSR count). The third-order valence-electron chi connectivity index (χ3n) is 4.81. The summed E-state index contributed by atoms with van der Waals surface area (Å²) in [5, 5.41) is 3.25. The van der Waals surface area contributed by atoms with Crippen molar-refractivity contribution >= 4 is 11.9 Å². The predicted molar refractivity (Wildman–Crippen MR) is 92.5 cm³/mol. The van der Waals surface area contributed by atoms with Crippen LogP contribution in [-0.4, -0.2) is 72.5 Å². The monoisotopic (exact) mass is 330 g/mol. The number of urea groups is 1. The second-order valence-corrected chi connectivity index (χ2v) is 6.59. The van der Waals surface area contributed by atoms with Crippen LogP contribution >= 0.6 is 0 Å². The molecule has 0 spiro atoms. The lowest BCUT2D eigenvalue weighted by Crippen LogP contribution is -2.55. The van der Waals surface area contributed by atoms with Crippen molar-refractivity contribution in [1.82, 2.24) is 20.0 Å². The van der Waals surface area contributed by atoms with Crippen LogP contribution in [0.4, 0.5) is 4.79 Å². The first-order valence-corrected chi connectivity index (χ1v) is 8.71. The molecule has 1 N–H and O–H groups in total. The Hall–Kier alpha value is -2.08. The van der Waals surface area contributed by atoms with Crippen molar-refractivity contribution in [3.8, 4) is 0 Å². The quantitative estimate of drug-likeness (QED) is 0.904. The number of carbonyl (C=O) groups excluding carboxylic acids is 2. The van der Waals surface area contributed by atoms with Gasteiger partial charge in [0, 0.05) is 39.8 Å². The highest BCUT2D eigenvalue weighted by atomic mass is 16.2. The highest BCUT2D eigenvalue weighted by Crippen LogP contribution is 2.13. The number of rotatable bonds is 3. The van der Waals surface area contributed by atoms with Gasteiger partial charge in [0.2, 0.25) is 5.91 Å². The molecule has 2 fully saturated rings. The van der Waals surface area contributed by atoms with Gasteiger partial charge in [-0.3, -0.25) is 4.79 Å². The van der Waals surface area contributed by atoms with Gasteiger partial charge in [-0.15, -0.1) is 0 Å².